The highest BCUT2D eigenvalue weighted by Gasteiger charge is 2.28. The number of carbonyl (C=O) groups is 2. The smallest absolute Gasteiger partial charge is 0.243 e. The van der Waals surface area contributed by atoms with Gasteiger partial charge in [-0.3, -0.25) is 9.59 Å². The van der Waals surface area contributed by atoms with Crippen LogP contribution in [-0.4, -0.2) is 41.7 Å². The van der Waals surface area contributed by atoms with Crippen molar-refractivity contribution >= 4 is 35.2 Å². The number of carbonyl (C=O) groups excluding carboxylic acids is 2. The number of amides is 2. The SMILES string of the molecule is CC[C@@H](C(=O)NC(C)C)N(Cc1ccc(OC)cc1)C(=O)CCCSc1ccc(Cl)cc1. The van der Waals surface area contributed by atoms with Crippen LogP contribution in [0, 0.1) is 0 Å². The van der Waals surface area contributed by atoms with E-state index in [0.29, 0.717) is 24.4 Å². The van der Waals surface area contributed by atoms with Crippen LogP contribution in [0.3, 0.4) is 0 Å². The number of hydrogen-bond donors (Lipinski definition) is 1. The highest BCUT2D eigenvalue weighted by Crippen LogP contribution is 2.22. The van der Waals surface area contributed by atoms with Gasteiger partial charge in [0.05, 0.1) is 7.11 Å². The predicted octanol–water partition coefficient (Wildman–Crippen LogP) is 5.55. The van der Waals surface area contributed by atoms with Gasteiger partial charge in [0, 0.05) is 28.9 Å². The van der Waals surface area contributed by atoms with E-state index < -0.39 is 6.04 Å². The van der Waals surface area contributed by atoms with Crippen molar-refractivity contribution in [2.75, 3.05) is 12.9 Å². The lowest BCUT2D eigenvalue weighted by Crippen LogP contribution is -2.50. The van der Waals surface area contributed by atoms with Crippen molar-refractivity contribution in [1.29, 1.82) is 0 Å². The molecule has 0 saturated carbocycles. The van der Waals surface area contributed by atoms with E-state index in [0.717, 1.165) is 28.4 Å². The summed E-state index contributed by atoms with van der Waals surface area (Å²) in [5.41, 5.74) is 0.963. The first-order chi connectivity index (χ1) is 15.3. The van der Waals surface area contributed by atoms with Gasteiger partial charge in [-0.25, -0.2) is 0 Å². The van der Waals surface area contributed by atoms with Crippen molar-refractivity contribution in [3.63, 3.8) is 0 Å². The Kier molecular flexibility index (Phi) is 10.9. The lowest BCUT2D eigenvalue weighted by molar-refractivity contribution is -0.141. The maximum Gasteiger partial charge on any atom is 0.243 e. The van der Waals surface area contributed by atoms with Crippen LogP contribution < -0.4 is 10.1 Å². The summed E-state index contributed by atoms with van der Waals surface area (Å²) in [6, 6.07) is 14.8. The minimum absolute atomic E-state index is 0.0109. The van der Waals surface area contributed by atoms with E-state index in [9.17, 15) is 9.59 Å². The fourth-order valence-electron chi connectivity index (χ4n) is 3.32. The minimum atomic E-state index is -0.504. The van der Waals surface area contributed by atoms with Crippen molar-refractivity contribution in [3.8, 4) is 5.75 Å². The number of ether oxygens (including phenoxy) is 1. The molecule has 2 rings (SSSR count). The van der Waals surface area contributed by atoms with Gasteiger partial charge in [0.15, 0.2) is 0 Å². The van der Waals surface area contributed by atoms with Gasteiger partial charge in [-0.15, -0.1) is 11.8 Å². The van der Waals surface area contributed by atoms with Crippen molar-refractivity contribution in [1.82, 2.24) is 10.2 Å². The minimum Gasteiger partial charge on any atom is -0.497 e. The molecule has 0 saturated heterocycles. The maximum absolute atomic E-state index is 13.2. The van der Waals surface area contributed by atoms with E-state index >= 15 is 0 Å². The molecule has 5 nitrogen and oxygen atoms in total. The Labute approximate surface area is 200 Å². The third kappa shape index (κ3) is 8.40. The molecule has 0 heterocycles. The lowest BCUT2D eigenvalue weighted by Gasteiger charge is -2.31. The van der Waals surface area contributed by atoms with Crippen molar-refractivity contribution in [2.24, 2.45) is 0 Å². The Morgan fingerprint density at radius 3 is 2.31 bits per heavy atom. The lowest BCUT2D eigenvalue weighted by atomic mass is 10.1. The second-order valence-electron chi connectivity index (χ2n) is 7.86. The Balaban J connectivity index is 2.05. The van der Waals surface area contributed by atoms with Gasteiger partial charge in [0.25, 0.3) is 0 Å². The molecule has 0 bridgehead atoms. The summed E-state index contributed by atoms with van der Waals surface area (Å²) in [6.45, 7) is 6.18. The summed E-state index contributed by atoms with van der Waals surface area (Å²) in [5, 5.41) is 3.67. The van der Waals surface area contributed by atoms with Crippen LogP contribution in [0.4, 0.5) is 0 Å². The number of benzene rings is 2. The molecular formula is C25H33ClN2O3S. The topological polar surface area (TPSA) is 58.6 Å². The number of halogens is 1. The molecule has 0 aliphatic carbocycles. The van der Waals surface area contributed by atoms with Gasteiger partial charge < -0.3 is 15.0 Å². The molecule has 2 aromatic rings. The largest absolute Gasteiger partial charge is 0.497 e. The van der Waals surface area contributed by atoms with Gasteiger partial charge in [-0.2, -0.15) is 0 Å². The molecule has 2 amide bonds. The zero-order valence-corrected chi connectivity index (χ0v) is 20.8. The van der Waals surface area contributed by atoms with E-state index in [-0.39, 0.29) is 17.9 Å². The quantitative estimate of drug-likeness (QED) is 0.322. The van der Waals surface area contributed by atoms with Gasteiger partial charge in [-0.1, -0.05) is 30.7 Å². The number of hydrogen-bond acceptors (Lipinski definition) is 4. The van der Waals surface area contributed by atoms with E-state index in [1.807, 2.05) is 69.3 Å². The molecule has 2 aromatic carbocycles. The average Bonchev–Trinajstić information content (AvgIpc) is 2.77. The van der Waals surface area contributed by atoms with Crippen LogP contribution in [0.2, 0.25) is 5.02 Å². The Bertz CT molecular complexity index is 856. The van der Waals surface area contributed by atoms with Crippen LogP contribution in [0.5, 0.6) is 5.75 Å². The molecule has 1 N–H and O–H groups in total. The van der Waals surface area contributed by atoms with Gasteiger partial charge in [-0.05, 0) is 74.4 Å². The molecule has 0 spiro atoms. The number of thioether (sulfide) groups is 1. The molecule has 1 atom stereocenters. The summed E-state index contributed by atoms with van der Waals surface area (Å²) in [4.78, 5) is 28.9. The Morgan fingerprint density at radius 2 is 1.75 bits per heavy atom. The first-order valence-corrected chi connectivity index (χ1v) is 12.3. The van der Waals surface area contributed by atoms with E-state index in [1.165, 1.54) is 0 Å². The molecular weight excluding hydrogens is 444 g/mol. The van der Waals surface area contributed by atoms with Gasteiger partial charge in [0.2, 0.25) is 11.8 Å². The Hall–Kier alpha value is -2.18. The zero-order valence-electron chi connectivity index (χ0n) is 19.3. The number of nitrogens with zero attached hydrogens (tertiary/aromatic N) is 1. The van der Waals surface area contributed by atoms with Crippen LogP contribution >= 0.6 is 23.4 Å². The van der Waals surface area contributed by atoms with Gasteiger partial charge >= 0.3 is 0 Å². The monoisotopic (exact) mass is 476 g/mol. The van der Waals surface area contributed by atoms with Crippen molar-refractivity contribution in [2.45, 2.75) is 63.6 Å². The summed E-state index contributed by atoms with van der Waals surface area (Å²) in [7, 11) is 1.62. The molecule has 7 heteroatoms. The highest BCUT2D eigenvalue weighted by molar-refractivity contribution is 7.99. The van der Waals surface area contributed by atoms with Crippen LogP contribution in [-0.2, 0) is 16.1 Å². The van der Waals surface area contributed by atoms with Gasteiger partial charge in [0.1, 0.15) is 11.8 Å². The van der Waals surface area contributed by atoms with E-state index in [4.69, 9.17) is 16.3 Å². The first kappa shape index (κ1) is 26.1. The summed E-state index contributed by atoms with van der Waals surface area (Å²) in [6.07, 6.45) is 1.68. The third-order valence-electron chi connectivity index (χ3n) is 4.95. The molecule has 0 unspecified atom stereocenters. The highest BCUT2D eigenvalue weighted by atomic mass is 35.5. The van der Waals surface area contributed by atoms with E-state index in [2.05, 4.69) is 5.32 Å². The second-order valence-corrected chi connectivity index (χ2v) is 9.47. The summed E-state index contributed by atoms with van der Waals surface area (Å²) >= 11 is 7.63. The molecule has 0 radical (unpaired) electrons. The molecule has 0 aliphatic rings. The summed E-state index contributed by atoms with van der Waals surface area (Å²) in [5.74, 6) is 1.46. The fraction of sp³-hybridized carbons (Fsp3) is 0.440. The molecule has 174 valence electrons. The molecule has 0 fully saturated rings. The molecule has 32 heavy (non-hydrogen) atoms. The molecule has 0 aromatic heterocycles. The van der Waals surface area contributed by atoms with E-state index in [1.54, 1.807) is 23.8 Å². The van der Waals surface area contributed by atoms with Crippen LogP contribution in [0.15, 0.2) is 53.4 Å². The first-order valence-electron chi connectivity index (χ1n) is 10.9. The second kappa shape index (κ2) is 13.4. The fourth-order valence-corrected chi connectivity index (χ4v) is 4.29. The normalized spacial score (nSPS) is 11.8. The average molecular weight is 477 g/mol. The third-order valence-corrected chi connectivity index (χ3v) is 6.30. The predicted molar refractivity (Wildman–Crippen MR) is 132 cm³/mol. The maximum atomic E-state index is 13.2. The standard InChI is InChI=1S/C25H33ClN2O3S/c1-5-23(25(30)27-18(2)3)28(17-19-8-12-21(31-4)13-9-19)24(29)7-6-16-32-22-14-10-20(26)11-15-22/h8-15,18,23H,5-7,16-17H2,1-4H3,(H,27,30)/t23-/m0/s1. The van der Waals surface area contributed by atoms with Crippen molar-refractivity contribution < 1.29 is 14.3 Å². The van der Waals surface area contributed by atoms with Crippen molar-refractivity contribution in [3.05, 3.63) is 59.1 Å². The van der Waals surface area contributed by atoms with Crippen LogP contribution in [0.1, 0.15) is 45.6 Å². The summed E-state index contributed by atoms with van der Waals surface area (Å²) < 4.78 is 5.23. The van der Waals surface area contributed by atoms with Crippen LogP contribution in [0.25, 0.3) is 0 Å². The number of methoxy groups -OCH3 is 1. The molecule has 0 aliphatic heterocycles. The zero-order chi connectivity index (χ0) is 23.5. The number of nitrogens with one attached hydrogen (secondary N) is 1. The number of rotatable bonds is 12. The Morgan fingerprint density at radius 1 is 1.09 bits per heavy atom.